The molecule has 0 aromatic rings. The molecule has 3 nitrogen and oxygen atoms in total. The van der Waals surface area contributed by atoms with E-state index in [1.807, 2.05) is 0 Å². The lowest BCUT2D eigenvalue weighted by atomic mass is 10.5. The quantitative estimate of drug-likeness (QED) is 0.447. The lowest BCUT2D eigenvalue weighted by Crippen LogP contribution is -2.07. The fourth-order valence-corrected chi connectivity index (χ4v) is 0.202. The molecule has 0 bridgehead atoms. The normalized spacial score (nSPS) is 8.10. The van der Waals surface area contributed by atoms with Crippen molar-refractivity contribution in [2.24, 2.45) is 0 Å². The monoisotopic (exact) mass is 260 g/mol. The largest absolute Gasteiger partial charge is 0.506 e. The van der Waals surface area contributed by atoms with Gasteiger partial charge in [-0.1, -0.05) is 29.5 Å². The van der Waals surface area contributed by atoms with Gasteiger partial charge in [0.1, 0.15) is 0 Å². The molecule has 0 atom stereocenters. The van der Waals surface area contributed by atoms with Crippen molar-refractivity contribution in [1.82, 2.24) is 0 Å². The zero-order valence-corrected chi connectivity index (χ0v) is 8.58. The Morgan fingerprint density at radius 1 is 1.70 bits per heavy atom. The van der Waals surface area contributed by atoms with E-state index in [1.165, 1.54) is 4.43 Å². The molecule has 0 unspecified atom stereocenters. The Hall–Kier alpha value is 0. The van der Waals surface area contributed by atoms with Gasteiger partial charge in [-0.25, -0.2) is 4.79 Å². The second-order valence-electron chi connectivity index (χ2n) is 1.70. The molecule has 1 N–H and O–H groups in total. The van der Waals surface area contributed by atoms with Crippen molar-refractivity contribution in [1.29, 1.82) is 0 Å². The molecule has 0 aromatic heterocycles. The highest BCUT2D eigenvalue weighted by atomic mass is 127. The Morgan fingerprint density at radius 3 is 2.00 bits per heavy atom. The number of rotatable bonds is 1. The van der Waals surface area contributed by atoms with Gasteiger partial charge in [-0.2, -0.15) is 0 Å². The van der Waals surface area contributed by atoms with E-state index in [2.05, 4.69) is 34.3 Å². The van der Waals surface area contributed by atoms with Gasteiger partial charge < -0.3 is 9.84 Å². The topological polar surface area (TPSA) is 46.5 Å². The van der Waals surface area contributed by atoms with Crippen LogP contribution in [-0.4, -0.2) is 21.8 Å². The van der Waals surface area contributed by atoms with Crippen LogP contribution in [-0.2, 0) is 4.74 Å². The number of carboxylic acid groups (broad SMARTS) is 1. The number of ether oxygens (including phenoxy) is 1. The van der Waals surface area contributed by atoms with E-state index in [1.54, 1.807) is 13.8 Å². The summed E-state index contributed by atoms with van der Waals surface area (Å²) in [6.45, 7) is 5.43. The van der Waals surface area contributed by atoms with Crippen molar-refractivity contribution in [3.8, 4) is 0 Å². The summed E-state index contributed by atoms with van der Waals surface area (Å²) in [5.74, 6) is 0. The second-order valence-corrected chi connectivity index (χ2v) is 3.23. The third kappa shape index (κ3) is 24.5. The van der Waals surface area contributed by atoms with Crippen molar-refractivity contribution in [2.75, 3.05) is 4.43 Å². The predicted octanol–water partition coefficient (Wildman–Crippen LogP) is 2.53. The van der Waals surface area contributed by atoms with Gasteiger partial charge >= 0.3 is 6.16 Å². The third-order valence-corrected chi connectivity index (χ3v) is 0.337. The number of alkyl halides is 1. The lowest BCUT2D eigenvalue weighted by molar-refractivity contribution is 0.0660. The summed E-state index contributed by atoms with van der Waals surface area (Å²) in [7, 11) is 0. The minimum Gasteiger partial charge on any atom is -0.450 e. The molecule has 0 rings (SSSR count). The van der Waals surface area contributed by atoms with Crippen LogP contribution in [0.4, 0.5) is 4.79 Å². The zero-order chi connectivity index (χ0) is 8.57. The molecule has 0 fully saturated rings. The standard InChI is InChI=1S/C4H8O3.C2H5I/c1-3(2)7-4(5)6;1-2-3/h3H,1-2H3,(H,5,6);2H2,1H3. The molecule has 0 aromatic carbocycles. The average molecular weight is 260 g/mol. The minimum atomic E-state index is -1.21. The Bertz CT molecular complexity index is 83.1. The Morgan fingerprint density at radius 2 is 2.00 bits per heavy atom. The van der Waals surface area contributed by atoms with Crippen molar-refractivity contribution in [3.05, 3.63) is 0 Å². The summed E-state index contributed by atoms with van der Waals surface area (Å²) in [6.07, 6.45) is -1.44. The highest BCUT2D eigenvalue weighted by molar-refractivity contribution is 14.1. The lowest BCUT2D eigenvalue weighted by Gasteiger charge is -1.99. The first kappa shape index (κ1) is 12.7. The maximum absolute atomic E-state index is 9.59. The molecule has 0 amide bonds. The molecule has 62 valence electrons. The molecule has 0 heterocycles. The number of halogens is 1. The maximum Gasteiger partial charge on any atom is 0.506 e. The average Bonchev–Trinajstić information content (AvgIpc) is 1.62. The highest BCUT2D eigenvalue weighted by Gasteiger charge is 1.97. The molecule has 4 heteroatoms. The highest BCUT2D eigenvalue weighted by Crippen LogP contribution is 1.85. The van der Waals surface area contributed by atoms with Gasteiger partial charge in [0.25, 0.3) is 0 Å². The van der Waals surface area contributed by atoms with E-state index in [-0.39, 0.29) is 6.10 Å². The Balaban J connectivity index is 0. The zero-order valence-electron chi connectivity index (χ0n) is 6.43. The van der Waals surface area contributed by atoms with E-state index in [0.29, 0.717) is 0 Å². The van der Waals surface area contributed by atoms with Gasteiger partial charge in [0.2, 0.25) is 0 Å². The molecule has 10 heavy (non-hydrogen) atoms. The molecule has 0 aliphatic carbocycles. The van der Waals surface area contributed by atoms with Gasteiger partial charge in [-0.05, 0) is 18.3 Å². The fraction of sp³-hybridized carbons (Fsp3) is 0.833. The molecule has 0 radical (unpaired) electrons. The minimum absolute atomic E-state index is 0.225. The van der Waals surface area contributed by atoms with Crippen molar-refractivity contribution < 1.29 is 14.6 Å². The second kappa shape index (κ2) is 9.00. The fourth-order valence-electron chi connectivity index (χ4n) is 0.202. The van der Waals surface area contributed by atoms with Gasteiger partial charge in [0.15, 0.2) is 0 Å². The van der Waals surface area contributed by atoms with Crippen LogP contribution < -0.4 is 0 Å². The number of hydrogen-bond acceptors (Lipinski definition) is 2. The molecule has 0 spiro atoms. The van der Waals surface area contributed by atoms with Crippen LogP contribution in [0.5, 0.6) is 0 Å². The molecular weight excluding hydrogens is 247 g/mol. The van der Waals surface area contributed by atoms with Crippen molar-refractivity contribution in [3.63, 3.8) is 0 Å². The Labute approximate surface area is 74.9 Å². The van der Waals surface area contributed by atoms with Crippen molar-refractivity contribution in [2.45, 2.75) is 26.9 Å². The smallest absolute Gasteiger partial charge is 0.450 e. The summed E-state index contributed by atoms with van der Waals surface area (Å²) in [5, 5.41) is 7.86. The summed E-state index contributed by atoms with van der Waals surface area (Å²) < 4.78 is 5.39. The van der Waals surface area contributed by atoms with Gasteiger partial charge in [-0.3, -0.25) is 0 Å². The first-order valence-electron chi connectivity index (χ1n) is 3.00. The molecule has 0 saturated heterocycles. The first-order chi connectivity index (χ1) is 4.54. The third-order valence-electron chi connectivity index (χ3n) is 0.337. The van der Waals surface area contributed by atoms with Crippen LogP contribution in [0, 0.1) is 0 Å². The number of hydrogen-bond donors (Lipinski definition) is 1. The van der Waals surface area contributed by atoms with Gasteiger partial charge in [0.05, 0.1) is 6.10 Å². The van der Waals surface area contributed by atoms with E-state index in [4.69, 9.17) is 5.11 Å². The number of carbonyl (C=O) groups is 1. The van der Waals surface area contributed by atoms with E-state index >= 15 is 0 Å². The van der Waals surface area contributed by atoms with Crippen LogP contribution in [0.25, 0.3) is 0 Å². The van der Waals surface area contributed by atoms with Crippen LogP contribution >= 0.6 is 22.6 Å². The van der Waals surface area contributed by atoms with Gasteiger partial charge in [0, 0.05) is 0 Å². The van der Waals surface area contributed by atoms with E-state index in [9.17, 15) is 4.79 Å². The Kier molecular flexibility index (Phi) is 11.4. The van der Waals surface area contributed by atoms with Crippen LogP contribution in [0.2, 0.25) is 0 Å². The maximum atomic E-state index is 9.59. The molecular formula is C6H13IO3. The summed E-state index contributed by atoms with van der Waals surface area (Å²) in [4.78, 5) is 9.59. The van der Waals surface area contributed by atoms with Crippen molar-refractivity contribution >= 4 is 28.7 Å². The summed E-state index contributed by atoms with van der Waals surface area (Å²) in [6, 6.07) is 0. The molecule has 0 aliphatic rings. The molecule has 0 saturated carbocycles. The van der Waals surface area contributed by atoms with Crippen LogP contribution in [0.1, 0.15) is 20.8 Å². The van der Waals surface area contributed by atoms with E-state index in [0.717, 1.165) is 0 Å². The predicted molar refractivity (Wildman–Crippen MR) is 48.8 cm³/mol. The SMILES string of the molecule is CC(C)OC(=O)O.CCI. The molecule has 0 aliphatic heterocycles. The summed E-state index contributed by atoms with van der Waals surface area (Å²) >= 11 is 2.29. The van der Waals surface area contributed by atoms with Gasteiger partial charge in [-0.15, -0.1) is 0 Å². The van der Waals surface area contributed by atoms with Crippen LogP contribution in [0.15, 0.2) is 0 Å². The van der Waals surface area contributed by atoms with Crippen LogP contribution in [0.3, 0.4) is 0 Å². The first-order valence-corrected chi connectivity index (χ1v) is 4.52. The summed E-state index contributed by atoms with van der Waals surface area (Å²) in [5.41, 5.74) is 0. The van der Waals surface area contributed by atoms with E-state index < -0.39 is 6.16 Å².